The van der Waals surface area contributed by atoms with Crippen molar-refractivity contribution in [3.05, 3.63) is 0 Å². The Balaban J connectivity index is 2.64. The fraction of sp³-hybridized carbons (Fsp3) is 0.625. The van der Waals surface area contributed by atoms with Crippen LogP contribution in [-0.2, 0) is 9.59 Å². The molecule has 0 amide bonds. The van der Waals surface area contributed by atoms with Crippen molar-refractivity contribution in [1.29, 1.82) is 5.26 Å². The van der Waals surface area contributed by atoms with Crippen molar-refractivity contribution in [2.75, 3.05) is 0 Å². The SMILES string of the molecule is N#CCC1C(=O)CCCC1=O. The van der Waals surface area contributed by atoms with Gasteiger partial charge in [0.15, 0.2) is 0 Å². The molecule has 0 atom stereocenters. The molecule has 0 aromatic carbocycles. The van der Waals surface area contributed by atoms with Gasteiger partial charge in [-0.1, -0.05) is 0 Å². The Kier molecular flexibility index (Phi) is 2.37. The lowest BCUT2D eigenvalue weighted by atomic mass is 9.85. The van der Waals surface area contributed by atoms with Gasteiger partial charge in [-0.15, -0.1) is 0 Å². The van der Waals surface area contributed by atoms with E-state index in [1.54, 1.807) is 0 Å². The zero-order valence-electron chi connectivity index (χ0n) is 6.17. The maximum atomic E-state index is 11.0. The van der Waals surface area contributed by atoms with Crippen molar-refractivity contribution in [2.24, 2.45) is 5.92 Å². The van der Waals surface area contributed by atoms with E-state index in [0.29, 0.717) is 19.3 Å². The van der Waals surface area contributed by atoms with Crippen LogP contribution in [-0.4, -0.2) is 11.6 Å². The molecule has 0 spiro atoms. The van der Waals surface area contributed by atoms with Crippen molar-refractivity contribution in [1.82, 2.24) is 0 Å². The van der Waals surface area contributed by atoms with Crippen LogP contribution in [0.3, 0.4) is 0 Å². The Labute approximate surface area is 65.0 Å². The Hall–Kier alpha value is -1.17. The standard InChI is InChI=1S/C8H9NO2/c9-5-4-6-7(10)2-1-3-8(6)11/h6H,1-4H2. The molecule has 0 radical (unpaired) electrons. The van der Waals surface area contributed by atoms with Crippen LogP contribution in [0.15, 0.2) is 0 Å². The van der Waals surface area contributed by atoms with E-state index in [1.807, 2.05) is 6.07 Å². The number of nitriles is 1. The van der Waals surface area contributed by atoms with Crippen molar-refractivity contribution in [2.45, 2.75) is 25.7 Å². The van der Waals surface area contributed by atoms with E-state index >= 15 is 0 Å². The molecule has 58 valence electrons. The topological polar surface area (TPSA) is 57.9 Å². The molecule has 1 fully saturated rings. The summed E-state index contributed by atoms with van der Waals surface area (Å²) in [4.78, 5) is 22.0. The summed E-state index contributed by atoms with van der Waals surface area (Å²) in [5, 5.41) is 8.30. The lowest BCUT2D eigenvalue weighted by molar-refractivity contribution is -0.135. The third-order valence-electron chi connectivity index (χ3n) is 1.92. The highest BCUT2D eigenvalue weighted by atomic mass is 16.2. The monoisotopic (exact) mass is 151 g/mol. The first-order valence-electron chi connectivity index (χ1n) is 3.68. The average Bonchev–Trinajstić information content (AvgIpc) is 1.97. The first-order valence-corrected chi connectivity index (χ1v) is 3.68. The van der Waals surface area contributed by atoms with E-state index in [9.17, 15) is 9.59 Å². The quantitative estimate of drug-likeness (QED) is 0.522. The Morgan fingerprint density at radius 2 is 1.91 bits per heavy atom. The molecule has 0 bridgehead atoms. The molecule has 1 aliphatic carbocycles. The molecule has 11 heavy (non-hydrogen) atoms. The van der Waals surface area contributed by atoms with Crippen LogP contribution >= 0.6 is 0 Å². The van der Waals surface area contributed by atoms with E-state index in [0.717, 1.165) is 0 Å². The third-order valence-corrected chi connectivity index (χ3v) is 1.92. The van der Waals surface area contributed by atoms with Gasteiger partial charge in [-0.3, -0.25) is 9.59 Å². The summed E-state index contributed by atoms with van der Waals surface area (Å²) < 4.78 is 0. The second kappa shape index (κ2) is 3.29. The van der Waals surface area contributed by atoms with Gasteiger partial charge >= 0.3 is 0 Å². The zero-order valence-corrected chi connectivity index (χ0v) is 6.17. The van der Waals surface area contributed by atoms with Crippen LogP contribution in [0, 0.1) is 17.2 Å². The average molecular weight is 151 g/mol. The minimum atomic E-state index is -0.603. The molecule has 0 heterocycles. The molecule has 0 unspecified atom stereocenters. The van der Waals surface area contributed by atoms with Gasteiger partial charge in [0.1, 0.15) is 11.6 Å². The minimum Gasteiger partial charge on any atom is -0.299 e. The molecular formula is C8H9NO2. The van der Waals surface area contributed by atoms with Gasteiger partial charge in [0.2, 0.25) is 0 Å². The Morgan fingerprint density at radius 1 is 1.36 bits per heavy atom. The van der Waals surface area contributed by atoms with E-state index in [4.69, 9.17) is 5.26 Å². The number of carbonyl (C=O) groups is 2. The lowest BCUT2D eigenvalue weighted by Crippen LogP contribution is -2.27. The Morgan fingerprint density at radius 3 is 2.36 bits per heavy atom. The van der Waals surface area contributed by atoms with Crippen molar-refractivity contribution in [3.8, 4) is 6.07 Å². The van der Waals surface area contributed by atoms with Crippen molar-refractivity contribution < 1.29 is 9.59 Å². The number of Topliss-reactive ketones (excluding diaryl/α,β-unsaturated/α-hetero) is 2. The zero-order chi connectivity index (χ0) is 8.27. The predicted molar refractivity (Wildman–Crippen MR) is 37.6 cm³/mol. The molecule has 0 saturated heterocycles. The number of ketones is 2. The van der Waals surface area contributed by atoms with E-state index < -0.39 is 5.92 Å². The number of carbonyl (C=O) groups excluding carboxylic acids is 2. The molecule has 0 N–H and O–H groups in total. The van der Waals surface area contributed by atoms with E-state index in [2.05, 4.69) is 0 Å². The molecule has 0 aromatic rings. The minimum absolute atomic E-state index is 0.0530. The summed E-state index contributed by atoms with van der Waals surface area (Å²) in [6.45, 7) is 0. The first kappa shape index (κ1) is 7.93. The number of hydrogen-bond acceptors (Lipinski definition) is 3. The van der Waals surface area contributed by atoms with Crippen LogP contribution in [0.25, 0.3) is 0 Å². The summed E-state index contributed by atoms with van der Waals surface area (Å²) in [5.74, 6) is -0.709. The van der Waals surface area contributed by atoms with Gasteiger partial charge in [0.25, 0.3) is 0 Å². The summed E-state index contributed by atoms with van der Waals surface area (Å²) in [7, 11) is 0. The molecule has 1 aliphatic rings. The summed E-state index contributed by atoms with van der Waals surface area (Å²) in [6, 6.07) is 1.86. The molecule has 3 nitrogen and oxygen atoms in total. The smallest absolute Gasteiger partial charge is 0.144 e. The number of hydrogen-bond donors (Lipinski definition) is 0. The van der Waals surface area contributed by atoms with Crippen LogP contribution in [0.2, 0.25) is 0 Å². The van der Waals surface area contributed by atoms with Gasteiger partial charge in [0.05, 0.1) is 18.4 Å². The fourth-order valence-corrected chi connectivity index (χ4v) is 1.28. The van der Waals surface area contributed by atoms with Gasteiger partial charge in [-0.05, 0) is 6.42 Å². The molecular weight excluding hydrogens is 142 g/mol. The highest BCUT2D eigenvalue weighted by molar-refractivity contribution is 6.04. The van der Waals surface area contributed by atoms with Gasteiger partial charge in [0, 0.05) is 12.8 Å². The normalized spacial score (nSPS) is 19.9. The molecule has 1 rings (SSSR count). The summed E-state index contributed by atoms with van der Waals surface area (Å²) in [6.07, 6.45) is 1.67. The van der Waals surface area contributed by atoms with Gasteiger partial charge in [-0.2, -0.15) is 5.26 Å². The van der Waals surface area contributed by atoms with Gasteiger partial charge < -0.3 is 0 Å². The van der Waals surface area contributed by atoms with E-state index in [1.165, 1.54) is 0 Å². The third kappa shape index (κ3) is 1.64. The van der Waals surface area contributed by atoms with Crippen LogP contribution in [0.4, 0.5) is 0 Å². The maximum absolute atomic E-state index is 11.0. The van der Waals surface area contributed by atoms with Crippen LogP contribution in [0.1, 0.15) is 25.7 Å². The van der Waals surface area contributed by atoms with Crippen molar-refractivity contribution >= 4 is 11.6 Å². The molecule has 0 aromatic heterocycles. The van der Waals surface area contributed by atoms with Crippen LogP contribution < -0.4 is 0 Å². The molecule has 1 saturated carbocycles. The molecule has 0 aliphatic heterocycles. The maximum Gasteiger partial charge on any atom is 0.144 e. The highest BCUT2D eigenvalue weighted by Crippen LogP contribution is 2.19. The van der Waals surface area contributed by atoms with Crippen LogP contribution in [0.5, 0.6) is 0 Å². The fourth-order valence-electron chi connectivity index (χ4n) is 1.28. The molecule has 3 heteroatoms. The summed E-state index contributed by atoms with van der Waals surface area (Å²) >= 11 is 0. The van der Waals surface area contributed by atoms with E-state index in [-0.39, 0.29) is 18.0 Å². The first-order chi connectivity index (χ1) is 5.25. The lowest BCUT2D eigenvalue weighted by Gasteiger charge is -2.15. The van der Waals surface area contributed by atoms with Gasteiger partial charge in [-0.25, -0.2) is 0 Å². The largest absolute Gasteiger partial charge is 0.299 e. The number of nitrogens with zero attached hydrogens (tertiary/aromatic N) is 1. The van der Waals surface area contributed by atoms with Crippen molar-refractivity contribution in [3.63, 3.8) is 0 Å². The Bertz CT molecular complexity index is 211. The second-order valence-electron chi connectivity index (χ2n) is 2.70. The summed E-state index contributed by atoms with van der Waals surface area (Å²) in [5.41, 5.74) is 0. The predicted octanol–water partition coefficient (Wildman–Crippen LogP) is 0.838. The highest BCUT2D eigenvalue weighted by Gasteiger charge is 2.29. The number of rotatable bonds is 1. The second-order valence-corrected chi connectivity index (χ2v) is 2.70.